The molecule has 1 heteroatoms. The second-order valence-electron chi connectivity index (χ2n) is 13.9. The fourth-order valence-electron chi connectivity index (χ4n) is 9.79. The molecule has 0 radical (unpaired) electrons. The van der Waals surface area contributed by atoms with Crippen LogP contribution < -0.4 is 4.90 Å². The lowest BCUT2D eigenvalue weighted by Gasteiger charge is -2.52. The van der Waals surface area contributed by atoms with Gasteiger partial charge in [-0.05, 0) is 92.7 Å². The average Bonchev–Trinajstić information content (AvgIpc) is 3.52. The topological polar surface area (TPSA) is 3.24 Å². The fraction of sp³-hybridized carbons (Fsp3) is 0.0800. The molecule has 3 aliphatic carbocycles. The molecule has 3 aliphatic rings. The Morgan fingerprint density at radius 3 is 1.67 bits per heavy atom. The smallest absolute Gasteiger partial charge is 0.0728 e. The molecular formula is C50H37N. The van der Waals surface area contributed by atoms with E-state index in [4.69, 9.17) is 0 Å². The standard InChI is InChI=1S/C50H37N/c1-5-20-36(21-6-1)49(45-33-17-18-35-47(45)51(38-24-9-3-10-25-38)39-26-11-4-12-27-39)43-31-15-16-32-44(43)50(37-22-7-2-8-23-37)42-30-14-13-28-40(42)41-29-19-34-46(49)48(41)50/h1-22,24-35,37H,23H2. The lowest BCUT2D eigenvalue weighted by atomic mass is 9.49. The SMILES string of the molecule is C1=CCC(C23c4ccccc4-c4cccc(c42)C(c2ccccc2)(c2ccccc2N(c2ccccc2)c2ccccc2)c2ccccc23)C=C1. The molecule has 242 valence electrons. The zero-order valence-corrected chi connectivity index (χ0v) is 28.4. The third-order valence-corrected chi connectivity index (χ3v) is 11.6. The van der Waals surface area contributed by atoms with Gasteiger partial charge in [0.05, 0.1) is 16.5 Å². The van der Waals surface area contributed by atoms with E-state index in [1.54, 1.807) is 0 Å². The third kappa shape index (κ3) is 4.09. The zero-order valence-electron chi connectivity index (χ0n) is 28.4. The van der Waals surface area contributed by atoms with E-state index in [1.807, 2.05) is 0 Å². The number of nitrogens with zero attached hydrogens (tertiary/aromatic N) is 1. The van der Waals surface area contributed by atoms with E-state index >= 15 is 0 Å². The highest BCUT2D eigenvalue weighted by Gasteiger charge is 2.59. The summed E-state index contributed by atoms with van der Waals surface area (Å²) in [5.74, 6) is 0.265. The van der Waals surface area contributed by atoms with Gasteiger partial charge in [-0.15, -0.1) is 0 Å². The van der Waals surface area contributed by atoms with Crippen molar-refractivity contribution < 1.29 is 0 Å². The Balaban J connectivity index is 1.39. The Morgan fingerprint density at radius 1 is 0.431 bits per heavy atom. The van der Waals surface area contributed by atoms with Crippen molar-refractivity contribution in [3.63, 3.8) is 0 Å². The Morgan fingerprint density at radius 2 is 0.980 bits per heavy atom. The average molecular weight is 652 g/mol. The van der Waals surface area contributed by atoms with E-state index in [9.17, 15) is 0 Å². The number of anilines is 3. The molecule has 0 N–H and O–H groups in total. The summed E-state index contributed by atoms with van der Waals surface area (Å²) >= 11 is 0. The maximum Gasteiger partial charge on any atom is 0.0728 e. The van der Waals surface area contributed by atoms with E-state index in [-0.39, 0.29) is 11.3 Å². The quantitative estimate of drug-likeness (QED) is 0.173. The summed E-state index contributed by atoms with van der Waals surface area (Å²) in [5, 5.41) is 0. The van der Waals surface area contributed by atoms with E-state index in [1.165, 1.54) is 50.1 Å². The van der Waals surface area contributed by atoms with Crippen molar-refractivity contribution in [1.29, 1.82) is 0 Å². The first kappa shape index (κ1) is 29.7. The number of hydrogen-bond acceptors (Lipinski definition) is 1. The van der Waals surface area contributed by atoms with Crippen LogP contribution in [0.25, 0.3) is 11.1 Å². The lowest BCUT2D eigenvalue weighted by Crippen LogP contribution is -2.47. The van der Waals surface area contributed by atoms with Crippen molar-refractivity contribution in [3.8, 4) is 11.1 Å². The molecule has 51 heavy (non-hydrogen) atoms. The predicted molar refractivity (Wildman–Crippen MR) is 211 cm³/mol. The second-order valence-corrected chi connectivity index (χ2v) is 13.9. The summed E-state index contributed by atoms with van der Waals surface area (Å²) in [6.07, 6.45) is 10.3. The van der Waals surface area contributed by atoms with E-state index in [2.05, 4.69) is 211 Å². The minimum atomic E-state index is -0.624. The van der Waals surface area contributed by atoms with Gasteiger partial charge in [0.25, 0.3) is 0 Å². The molecule has 7 aromatic carbocycles. The minimum absolute atomic E-state index is 0.265. The summed E-state index contributed by atoms with van der Waals surface area (Å²) in [6, 6.07) is 67.7. The normalized spacial score (nSPS) is 20.7. The van der Waals surface area contributed by atoms with Gasteiger partial charge in [-0.25, -0.2) is 0 Å². The van der Waals surface area contributed by atoms with Crippen molar-refractivity contribution in [2.24, 2.45) is 5.92 Å². The van der Waals surface area contributed by atoms with E-state index in [0.29, 0.717) is 0 Å². The minimum Gasteiger partial charge on any atom is -0.310 e. The Kier molecular flexibility index (Phi) is 6.82. The molecule has 0 saturated heterocycles. The van der Waals surface area contributed by atoms with Gasteiger partial charge in [0.15, 0.2) is 0 Å². The number of rotatable bonds is 6. The first-order valence-corrected chi connectivity index (χ1v) is 18.1. The Labute approximate surface area is 300 Å². The van der Waals surface area contributed by atoms with Crippen LogP contribution in [0, 0.1) is 5.92 Å². The predicted octanol–water partition coefficient (Wildman–Crippen LogP) is 12.3. The zero-order chi connectivity index (χ0) is 33.8. The van der Waals surface area contributed by atoms with Crippen molar-refractivity contribution in [3.05, 3.63) is 245 Å². The number of para-hydroxylation sites is 3. The number of fused-ring (bicyclic) bond motifs is 5. The van der Waals surface area contributed by atoms with Crippen LogP contribution in [0.5, 0.6) is 0 Å². The summed E-state index contributed by atoms with van der Waals surface area (Å²) in [5.41, 5.74) is 14.6. The lowest BCUT2D eigenvalue weighted by molar-refractivity contribution is 0.431. The molecule has 0 aromatic heterocycles. The summed E-state index contributed by atoms with van der Waals surface area (Å²) in [4.78, 5) is 2.44. The third-order valence-electron chi connectivity index (χ3n) is 11.6. The maximum atomic E-state index is 2.47. The molecule has 10 rings (SSSR count). The van der Waals surface area contributed by atoms with Crippen LogP contribution >= 0.6 is 0 Å². The molecule has 1 nitrogen and oxygen atoms in total. The largest absolute Gasteiger partial charge is 0.310 e. The highest BCUT2D eigenvalue weighted by Crippen LogP contribution is 2.67. The Bertz CT molecular complexity index is 2420. The van der Waals surface area contributed by atoms with Gasteiger partial charge < -0.3 is 4.90 Å². The first-order valence-electron chi connectivity index (χ1n) is 18.1. The van der Waals surface area contributed by atoms with Crippen LogP contribution in [0.15, 0.2) is 206 Å². The van der Waals surface area contributed by atoms with Crippen molar-refractivity contribution >= 4 is 17.1 Å². The summed E-state index contributed by atoms with van der Waals surface area (Å²) in [7, 11) is 0. The Hall–Kier alpha value is -6.18. The van der Waals surface area contributed by atoms with Gasteiger partial charge in [-0.1, -0.05) is 176 Å². The molecular weight excluding hydrogens is 615 g/mol. The van der Waals surface area contributed by atoms with Crippen LogP contribution in [0.2, 0.25) is 0 Å². The van der Waals surface area contributed by atoms with Gasteiger partial charge in [0, 0.05) is 11.4 Å². The van der Waals surface area contributed by atoms with Crippen LogP contribution in [0.4, 0.5) is 17.1 Å². The maximum absolute atomic E-state index is 2.47. The summed E-state index contributed by atoms with van der Waals surface area (Å²) < 4.78 is 0. The monoisotopic (exact) mass is 651 g/mol. The highest BCUT2D eigenvalue weighted by molar-refractivity contribution is 5.91. The van der Waals surface area contributed by atoms with Gasteiger partial charge in [0.2, 0.25) is 0 Å². The molecule has 0 saturated carbocycles. The molecule has 0 amide bonds. The van der Waals surface area contributed by atoms with Crippen LogP contribution in [0.3, 0.4) is 0 Å². The number of benzene rings is 7. The van der Waals surface area contributed by atoms with Gasteiger partial charge >= 0.3 is 0 Å². The first-order chi connectivity index (χ1) is 25.3. The molecule has 0 spiro atoms. The number of allylic oxidation sites excluding steroid dienone is 4. The van der Waals surface area contributed by atoms with E-state index < -0.39 is 5.41 Å². The fourth-order valence-corrected chi connectivity index (χ4v) is 9.79. The van der Waals surface area contributed by atoms with Crippen LogP contribution in [-0.4, -0.2) is 0 Å². The van der Waals surface area contributed by atoms with Gasteiger partial charge in [-0.2, -0.15) is 0 Å². The van der Waals surface area contributed by atoms with Crippen LogP contribution in [0.1, 0.15) is 45.4 Å². The summed E-state index contributed by atoms with van der Waals surface area (Å²) in [6.45, 7) is 0. The molecule has 3 unspecified atom stereocenters. The molecule has 7 aromatic rings. The molecule has 3 atom stereocenters. The van der Waals surface area contributed by atoms with Crippen molar-refractivity contribution in [1.82, 2.24) is 0 Å². The molecule has 0 fully saturated rings. The second kappa shape index (κ2) is 11.7. The highest BCUT2D eigenvalue weighted by atomic mass is 15.1. The van der Waals surface area contributed by atoms with Gasteiger partial charge in [0.1, 0.15) is 0 Å². The van der Waals surface area contributed by atoms with Gasteiger partial charge in [-0.3, -0.25) is 0 Å². The molecule has 0 aliphatic heterocycles. The van der Waals surface area contributed by atoms with Crippen LogP contribution in [-0.2, 0) is 10.8 Å². The molecule has 0 heterocycles. The van der Waals surface area contributed by atoms with Crippen molar-refractivity contribution in [2.45, 2.75) is 17.3 Å². The molecule has 0 bridgehead atoms. The van der Waals surface area contributed by atoms with Crippen molar-refractivity contribution in [2.75, 3.05) is 4.90 Å². The van der Waals surface area contributed by atoms with E-state index in [0.717, 1.165) is 23.5 Å². The number of hydrogen-bond donors (Lipinski definition) is 0.